The Labute approximate surface area is 142 Å². The van der Waals surface area contributed by atoms with Crippen LogP contribution < -0.4 is 10.6 Å². The third-order valence-electron chi connectivity index (χ3n) is 4.47. The fraction of sp³-hybridized carbons (Fsp3) is 0.556. The summed E-state index contributed by atoms with van der Waals surface area (Å²) in [5.74, 6) is 0.961. The smallest absolute Gasteiger partial charge is 0.223 e. The molecular weight excluding hydrogens is 312 g/mol. The lowest BCUT2D eigenvalue weighted by Gasteiger charge is -2.19. The van der Waals surface area contributed by atoms with Gasteiger partial charge in [0, 0.05) is 23.9 Å². The normalized spacial score (nSPS) is 18.3. The summed E-state index contributed by atoms with van der Waals surface area (Å²) in [4.78, 5) is 23.7. The molecule has 2 fully saturated rings. The summed E-state index contributed by atoms with van der Waals surface area (Å²) in [6.07, 6.45) is 5.47. The Morgan fingerprint density at radius 3 is 2.43 bits per heavy atom. The molecule has 0 radical (unpaired) electrons. The molecule has 0 aliphatic heterocycles. The first-order valence-electron chi connectivity index (χ1n) is 8.46. The van der Waals surface area contributed by atoms with Gasteiger partial charge in [0.25, 0.3) is 0 Å². The van der Waals surface area contributed by atoms with Crippen molar-refractivity contribution in [1.29, 1.82) is 0 Å². The predicted octanol–water partition coefficient (Wildman–Crippen LogP) is 3.21. The van der Waals surface area contributed by atoms with Crippen LogP contribution in [0.1, 0.15) is 50.1 Å². The topological polar surface area (TPSA) is 58.2 Å². The summed E-state index contributed by atoms with van der Waals surface area (Å²) in [7, 11) is 0. The van der Waals surface area contributed by atoms with Crippen LogP contribution in [0.2, 0.25) is 5.02 Å². The van der Waals surface area contributed by atoms with Gasteiger partial charge in [0.15, 0.2) is 0 Å². The number of carbonyl (C=O) groups is 2. The summed E-state index contributed by atoms with van der Waals surface area (Å²) in [6.45, 7) is 0.581. The molecule has 0 saturated heterocycles. The molecule has 124 valence electrons. The van der Waals surface area contributed by atoms with Crippen molar-refractivity contribution in [1.82, 2.24) is 10.6 Å². The molecule has 1 aromatic rings. The first-order valence-corrected chi connectivity index (χ1v) is 8.84. The highest BCUT2D eigenvalue weighted by Crippen LogP contribution is 2.41. The minimum Gasteiger partial charge on any atom is -0.356 e. The zero-order chi connectivity index (χ0) is 16.2. The lowest BCUT2D eigenvalue weighted by molar-refractivity contribution is -0.124. The average Bonchev–Trinajstić information content (AvgIpc) is 3.41. The summed E-state index contributed by atoms with van der Waals surface area (Å²) in [5.41, 5.74) is 1.12. The van der Waals surface area contributed by atoms with Crippen molar-refractivity contribution >= 4 is 23.4 Å². The molecular formula is C18H23ClN2O2. The molecule has 1 atom stereocenters. The first-order chi connectivity index (χ1) is 11.1. The van der Waals surface area contributed by atoms with E-state index in [4.69, 9.17) is 11.6 Å². The van der Waals surface area contributed by atoms with Crippen molar-refractivity contribution in [3.05, 3.63) is 34.9 Å². The van der Waals surface area contributed by atoms with Gasteiger partial charge < -0.3 is 10.6 Å². The van der Waals surface area contributed by atoms with Crippen LogP contribution >= 0.6 is 11.6 Å². The SMILES string of the molecule is O=C(CCCNC(=O)C1CC1)NC(c1ccc(Cl)cc1)C1CC1. The molecule has 1 unspecified atom stereocenters. The molecule has 0 aromatic heterocycles. The van der Waals surface area contributed by atoms with Crippen LogP contribution in [0.4, 0.5) is 0 Å². The Morgan fingerprint density at radius 1 is 1.13 bits per heavy atom. The van der Waals surface area contributed by atoms with Crippen LogP contribution in [-0.2, 0) is 9.59 Å². The zero-order valence-corrected chi connectivity index (χ0v) is 13.9. The molecule has 0 bridgehead atoms. The second kappa shape index (κ2) is 7.35. The highest BCUT2D eigenvalue weighted by atomic mass is 35.5. The predicted molar refractivity (Wildman–Crippen MR) is 90.0 cm³/mol. The molecule has 2 aliphatic carbocycles. The maximum Gasteiger partial charge on any atom is 0.223 e. The minimum absolute atomic E-state index is 0.0533. The Balaban J connectivity index is 1.43. The standard InChI is InChI=1S/C18H23ClN2O2/c19-15-9-7-13(8-10-15)17(12-3-4-12)21-16(22)2-1-11-20-18(23)14-5-6-14/h7-10,12,14,17H,1-6,11H2,(H,20,23)(H,21,22). The molecule has 2 N–H and O–H groups in total. The average molecular weight is 335 g/mol. The van der Waals surface area contributed by atoms with Crippen LogP contribution in [0.3, 0.4) is 0 Å². The highest BCUT2D eigenvalue weighted by Gasteiger charge is 2.33. The number of nitrogens with one attached hydrogen (secondary N) is 2. The molecule has 3 rings (SSSR count). The second-order valence-corrected chi connectivity index (χ2v) is 7.04. The molecule has 1 aromatic carbocycles. The van der Waals surface area contributed by atoms with E-state index in [-0.39, 0.29) is 23.8 Å². The van der Waals surface area contributed by atoms with E-state index in [9.17, 15) is 9.59 Å². The van der Waals surface area contributed by atoms with E-state index in [1.165, 1.54) is 0 Å². The van der Waals surface area contributed by atoms with Crippen LogP contribution in [0.15, 0.2) is 24.3 Å². The van der Waals surface area contributed by atoms with Gasteiger partial charge in [-0.25, -0.2) is 0 Å². The molecule has 23 heavy (non-hydrogen) atoms. The number of carbonyl (C=O) groups excluding carboxylic acids is 2. The van der Waals surface area contributed by atoms with Gasteiger partial charge in [-0.05, 0) is 55.7 Å². The van der Waals surface area contributed by atoms with Crippen molar-refractivity contribution in [2.45, 2.75) is 44.6 Å². The van der Waals surface area contributed by atoms with Crippen LogP contribution in [0.25, 0.3) is 0 Å². The van der Waals surface area contributed by atoms with E-state index in [0.717, 1.165) is 31.2 Å². The fourth-order valence-electron chi connectivity index (χ4n) is 2.77. The van der Waals surface area contributed by atoms with E-state index < -0.39 is 0 Å². The maximum atomic E-state index is 12.2. The van der Waals surface area contributed by atoms with Gasteiger partial charge >= 0.3 is 0 Å². The molecule has 0 spiro atoms. The van der Waals surface area contributed by atoms with Crippen molar-refractivity contribution in [3.8, 4) is 0 Å². The molecule has 5 heteroatoms. The summed E-state index contributed by atoms with van der Waals surface area (Å²) in [6, 6.07) is 7.79. The quantitative estimate of drug-likeness (QED) is 0.717. The van der Waals surface area contributed by atoms with E-state index in [1.54, 1.807) is 0 Å². The third kappa shape index (κ3) is 4.96. The monoisotopic (exact) mass is 334 g/mol. The Bertz CT molecular complexity index is 565. The number of hydrogen-bond donors (Lipinski definition) is 2. The molecule has 2 amide bonds. The van der Waals surface area contributed by atoms with Crippen molar-refractivity contribution in [3.63, 3.8) is 0 Å². The summed E-state index contributed by atoms with van der Waals surface area (Å²) < 4.78 is 0. The zero-order valence-electron chi connectivity index (χ0n) is 13.2. The van der Waals surface area contributed by atoms with Gasteiger partial charge in [-0.2, -0.15) is 0 Å². The molecule has 0 heterocycles. The van der Waals surface area contributed by atoms with Crippen molar-refractivity contribution in [2.75, 3.05) is 6.54 Å². The fourth-order valence-corrected chi connectivity index (χ4v) is 2.90. The van der Waals surface area contributed by atoms with Gasteiger partial charge in [-0.1, -0.05) is 23.7 Å². The molecule has 4 nitrogen and oxygen atoms in total. The second-order valence-electron chi connectivity index (χ2n) is 6.60. The number of hydrogen-bond acceptors (Lipinski definition) is 2. The molecule has 2 saturated carbocycles. The Morgan fingerprint density at radius 2 is 1.83 bits per heavy atom. The third-order valence-corrected chi connectivity index (χ3v) is 4.72. The maximum absolute atomic E-state index is 12.2. The van der Waals surface area contributed by atoms with Crippen molar-refractivity contribution < 1.29 is 9.59 Å². The van der Waals surface area contributed by atoms with Gasteiger partial charge in [0.2, 0.25) is 11.8 Å². The number of halogens is 1. The van der Waals surface area contributed by atoms with Gasteiger partial charge in [0.1, 0.15) is 0 Å². The highest BCUT2D eigenvalue weighted by molar-refractivity contribution is 6.30. The van der Waals surface area contributed by atoms with Crippen LogP contribution in [0, 0.1) is 11.8 Å². The number of amides is 2. The summed E-state index contributed by atoms with van der Waals surface area (Å²) in [5, 5.41) is 6.75. The van der Waals surface area contributed by atoms with E-state index in [2.05, 4.69) is 10.6 Å². The molecule has 2 aliphatic rings. The summed E-state index contributed by atoms with van der Waals surface area (Å²) >= 11 is 5.93. The van der Waals surface area contributed by atoms with E-state index in [1.807, 2.05) is 24.3 Å². The lowest BCUT2D eigenvalue weighted by Crippen LogP contribution is -2.31. The van der Waals surface area contributed by atoms with E-state index in [0.29, 0.717) is 30.3 Å². The van der Waals surface area contributed by atoms with Gasteiger partial charge in [0.05, 0.1) is 6.04 Å². The lowest BCUT2D eigenvalue weighted by atomic mass is 10.0. The number of benzene rings is 1. The Hall–Kier alpha value is -1.55. The largest absolute Gasteiger partial charge is 0.356 e. The van der Waals surface area contributed by atoms with Crippen LogP contribution in [0.5, 0.6) is 0 Å². The Kier molecular flexibility index (Phi) is 5.21. The first kappa shape index (κ1) is 16.3. The van der Waals surface area contributed by atoms with Gasteiger partial charge in [-0.3, -0.25) is 9.59 Å². The van der Waals surface area contributed by atoms with Crippen LogP contribution in [-0.4, -0.2) is 18.4 Å². The minimum atomic E-state index is 0.0533. The van der Waals surface area contributed by atoms with Crippen molar-refractivity contribution in [2.24, 2.45) is 11.8 Å². The number of rotatable bonds is 8. The van der Waals surface area contributed by atoms with Gasteiger partial charge in [-0.15, -0.1) is 0 Å². The van der Waals surface area contributed by atoms with E-state index >= 15 is 0 Å².